The van der Waals surface area contributed by atoms with Crippen LogP contribution in [0.5, 0.6) is 5.75 Å². The van der Waals surface area contributed by atoms with Crippen molar-refractivity contribution >= 4 is 10.9 Å². The lowest BCUT2D eigenvalue weighted by Gasteiger charge is -2.58. The summed E-state index contributed by atoms with van der Waals surface area (Å²) in [6.45, 7) is 6.32. The number of pyridine rings is 1. The van der Waals surface area contributed by atoms with Crippen LogP contribution in [0.1, 0.15) is 35.6 Å². The van der Waals surface area contributed by atoms with Crippen molar-refractivity contribution in [2.24, 2.45) is 11.8 Å². The Morgan fingerprint density at radius 2 is 1.94 bits per heavy atom. The third-order valence-electron chi connectivity index (χ3n) is 8.12. The normalized spacial score (nSPS) is 26.3. The monoisotopic (exact) mass is 562 g/mol. The van der Waals surface area contributed by atoms with Crippen LogP contribution in [-0.4, -0.2) is 40.8 Å². The lowest BCUT2D eigenvalue weighted by molar-refractivity contribution is -0.984. The number of quaternary nitrogens is 1. The Labute approximate surface area is 219 Å². The Hall–Kier alpha value is -2.42. The Morgan fingerprint density at radius 1 is 1.19 bits per heavy atom. The molecule has 6 rings (SSSR count). The van der Waals surface area contributed by atoms with Crippen molar-refractivity contribution in [1.29, 1.82) is 0 Å². The van der Waals surface area contributed by atoms with Gasteiger partial charge in [-0.2, -0.15) is 13.2 Å². The molecule has 5 atom stereocenters. The highest BCUT2D eigenvalue weighted by molar-refractivity contribution is 5.83. The molecular weight excluding hydrogens is 533 g/mol. The molecule has 4 nitrogen and oxygen atoms in total. The first-order chi connectivity index (χ1) is 16.7. The molecule has 0 spiro atoms. The first kappa shape index (κ1) is 26.6. The number of hydrogen-bond donors (Lipinski definition) is 1. The Kier molecular flexibility index (Phi) is 7.51. The van der Waals surface area contributed by atoms with Gasteiger partial charge in [0.2, 0.25) is 0 Å². The van der Waals surface area contributed by atoms with Gasteiger partial charge in [-0.3, -0.25) is 4.98 Å². The summed E-state index contributed by atoms with van der Waals surface area (Å²) < 4.78 is 45.3. The third kappa shape index (κ3) is 4.78. The van der Waals surface area contributed by atoms with E-state index in [1.807, 2.05) is 30.3 Å². The number of alkyl halides is 3. The molecule has 2 aromatic carbocycles. The van der Waals surface area contributed by atoms with E-state index in [0.717, 1.165) is 60.1 Å². The van der Waals surface area contributed by atoms with Crippen molar-refractivity contribution < 1.29 is 44.5 Å². The summed E-state index contributed by atoms with van der Waals surface area (Å²) in [4.78, 5) is 4.45. The van der Waals surface area contributed by atoms with Gasteiger partial charge in [-0.05, 0) is 47.9 Å². The van der Waals surface area contributed by atoms with E-state index in [9.17, 15) is 18.3 Å². The second-order valence-corrected chi connectivity index (χ2v) is 9.96. The molecule has 36 heavy (non-hydrogen) atoms. The van der Waals surface area contributed by atoms with Crippen LogP contribution < -0.4 is 21.7 Å². The van der Waals surface area contributed by atoms with Gasteiger partial charge >= 0.3 is 6.18 Å². The zero-order chi connectivity index (χ0) is 24.8. The number of aliphatic hydroxyl groups is 1. The van der Waals surface area contributed by atoms with Crippen LogP contribution in [0.2, 0.25) is 0 Å². The summed E-state index contributed by atoms with van der Waals surface area (Å²) in [5.74, 6) is 1.48. The van der Waals surface area contributed by atoms with Crippen molar-refractivity contribution in [3.63, 3.8) is 0 Å². The molecule has 0 radical (unpaired) electrons. The molecule has 3 aliphatic rings. The van der Waals surface area contributed by atoms with Crippen LogP contribution in [0, 0.1) is 11.8 Å². The van der Waals surface area contributed by atoms with Gasteiger partial charge in [0.1, 0.15) is 24.4 Å². The molecule has 0 saturated carbocycles. The molecule has 2 unspecified atom stereocenters. The van der Waals surface area contributed by atoms with Crippen molar-refractivity contribution in [2.45, 2.75) is 37.7 Å². The van der Waals surface area contributed by atoms with Gasteiger partial charge in [0.15, 0.2) is 0 Å². The molecule has 3 aromatic rings. The number of nitrogens with zero attached hydrogens (tertiary/aromatic N) is 2. The van der Waals surface area contributed by atoms with Gasteiger partial charge in [-0.15, -0.1) is 6.58 Å². The van der Waals surface area contributed by atoms with Crippen molar-refractivity contribution in [2.75, 3.05) is 20.2 Å². The molecule has 2 bridgehead atoms. The van der Waals surface area contributed by atoms with Gasteiger partial charge in [0.25, 0.3) is 0 Å². The maximum atomic E-state index is 13.1. The van der Waals surface area contributed by atoms with E-state index >= 15 is 0 Å². The average molecular weight is 563 g/mol. The van der Waals surface area contributed by atoms with E-state index in [4.69, 9.17) is 4.74 Å². The minimum atomic E-state index is -4.36. The average Bonchev–Trinajstić information content (AvgIpc) is 2.87. The van der Waals surface area contributed by atoms with Gasteiger partial charge in [0.05, 0.1) is 31.3 Å². The summed E-state index contributed by atoms with van der Waals surface area (Å²) in [7, 11) is 1.61. The first-order valence-corrected chi connectivity index (χ1v) is 12.0. The highest BCUT2D eigenvalue weighted by Crippen LogP contribution is 2.48. The first-order valence-electron chi connectivity index (χ1n) is 12.0. The summed E-state index contributed by atoms with van der Waals surface area (Å²) in [6, 6.07) is 12.9. The number of hydrogen-bond acceptors (Lipinski definition) is 3. The fraction of sp³-hybridized carbons (Fsp3) is 0.393. The van der Waals surface area contributed by atoms with E-state index in [1.54, 1.807) is 25.4 Å². The molecule has 3 saturated heterocycles. The minimum Gasteiger partial charge on any atom is -1.00 e. The predicted octanol–water partition coefficient (Wildman–Crippen LogP) is 2.91. The van der Waals surface area contributed by atoms with Gasteiger partial charge in [0, 0.05) is 35.9 Å². The number of ether oxygens (including phenoxy) is 1. The Bertz CT molecular complexity index is 1230. The summed E-state index contributed by atoms with van der Waals surface area (Å²) in [5.41, 5.74) is 1.80. The number of rotatable bonds is 6. The molecule has 1 N–H and O–H groups in total. The van der Waals surface area contributed by atoms with Crippen molar-refractivity contribution in [1.82, 2.24) is 4.98 Å². The van der Waals surface area contributed by atoms with Gasteiger partial charge < -0.3 is 31.3 Å². The van der Waals surface area contributed by atoms with Crippen LogP contribution in [0.4, 0.5) is 13.2 Å². The SMILES string of the molecule is C=C[C@@H]1C[N+]2(Cc3ccc(C(F)(F)F)cc3)CCC1C[C@@H]2[C@@H](O)c1ccnc2ccc(OC)cc12.[Br-]. The van der Waals surface area contributed by atoms with E-state index in [1.165, 1.54) is 0 Å². The zero-order valence-electron chi connectivity index (χ0n) is 20.1. The Morgan fingerprint density at radius 3 is 2.61 bits per heavy atom. The second kappa shape index (κ2) is 10.1. The largest absolute Gasteiger partial charge is 1.00 e. The lowest BCUT2D eigenvalue weighted by atomic mass is 9.71. The van der Waals surface area contributed by atoms with Gasteiger partial charge in [-0.1, -0.05) is 18.2 Å². The molecule has 8 heteroatoms. The summed E-state index contributed by atoms with van der Waals surface area (Å²) in [6.07, 6.45) is 0.494. The smallest absolute Gasteiger partial charge is 0.416 e. The highest BCUT2D eigenvalue weighted by Gasteiger charge is 2.54. The maximum absolute atomic E-state index is 13.1. The molecule has 1 aromatic heterocycles. The molecule has 4 heterocycles. The fourth-order valence-corrected chi connectivity index (χ4v) is 6.28. The van der Waals surface area contributed by atoms with Crippen LogP contribution in [-0.2, 0) is 12.7 Å². The van der Waals surface area contributed by atoms with E-state index in [0.29, 0.717) is 28.6 Å². The van der Waals surface area contributed by atoms with Crippen LogP contribution in [0.15, 0.2) is 67.4 Å². The van der Waals surface area contributed by atoms with Crippen LogP contribution in [0.3, 0.4) is 0 Å². The summed E-state index contributed by atoms with van der Waals surface area (Å²) >= 11 is 0. The number of piperidine rings is 3. The standard InChI is InChI=1S/C28H30F3N2O2.BrH/c1-3-19-17-33(16-18-4-6-21(7-5-18)28(29,30)31)13-11-20(19)14-26(33)27(34)23-10-12-32-25-9-8-22(35-2)15-24(23)25;/h3-10,12,15,19-20,26-27,34H,1,11,13-14,16-17H2,2H3;1H/q+1;/p-1/t19-,20?,26-,27+,33?;/m1./s1. The fourth-order valence-electron chi connectivity index (χ4n) is 6.28. The maximum Gasteiger partial charge on any atom is 0.416 e. The molecule has 3 fully saturated rings. The number of fused-ring (bicyclic) bond motifs is 4. The minimum absolute atomic E-state index is 0. The third-order valence-corrected chi connectivity index (χ3v) is 8.12. The second-order valence-electron chi connectivity index (χ2n) is 9.96. The number of aromatic nitrogens is 1. The number of aliphatic hydroxyl groups excluding tert-OH is 1. The number of benzene rings is 2. The predicted molar refractivity (Wildman–Crippen MR) is 129 cm³/mol. The molecular formula is C28H30BrF3N2O2. The van der Waals surface area contributed by atoms with E-state index < -0.39 is 17.8 Å². The molecule has 0 amide bonds. The van der Waals surface area contributed by atoms with Gasteiger partial charge in [-0.25, -0.2) is 0 Å². The molecule has 0 aliphatic carbocycles. The molecule has 192 valence electrons. The van der Waals surface area contributed by atoms with Crippen molar-refractivity contribution in [3.8, 4) is 5.75 Å². The van der Waals surface area contributed by atoms with E-state index in [2.05, 4.69) is 11.6 Å². The van der Waals surface area contributed by atoms with E-state index in [-0.39, 0.29) is 23.0 Å². The quantitative estimate of drug-likeness (QED) is 0.371. The zero-order valence-corrected chi connectivity index (χ0v) is 21.7. The topological polar surface area (TPSA) is 42.4 Å². The Balaban J connectivity index is 0.00000304. The molecule has 3 aliphatic heterocycles. The van der Waals surface area contributed by atoms with Crippen LogP contribution in [0.25, 0.3) is 10.9 Å². The number of halogens is 4. The highest BCUT2D eigenvalue weighted by atomic mass is 79.9. The summed E-state index contributed by atoms with van der Waals surface area (Å²) in [5, 5.41) is 12.7. The van der Waals surface area contributed by atoms with Crippen LogP contribution >= 0.6 is 0 Å². The lowest BCUT2D eigenvalue weighted by Crippen LogP contribution is -3.00. The van der Waals surface area contributed by atoms with Crippen molar-refractivity contribution in [3.05, 3.63) is 84.1 Å². The number of methoxy groups -OCH3 is 1.